The van der Waals surface area contributed by atoms with Crippen molar-refractivity contribution in [3.63, 3.8) is 0 Å². The Kier molecular flexibility index (Phi) is 3.47. The predicted octanol–water partition coefficient (Wildman–Crippen LogP) is 3.29. The van der Waals surface area contributed by atoms with Crippen LogP contribution in [-0.2, 0) is 5.33 Å². The average molecular weight is 310 g/mol. The molecule has 2 rings (SSSR count). The first kappa shape index (κ1) is 12.8. The van der Waals surface area contributed by atoms with Crippen LogP contribution in [0.3, 0.4) is 0 Å². The quantitative estimate of drug-likeness (QED) is 0.496. The van der Waals surface area contributed by atoms with Gasteiger partial charge in [0.05, 0.1) is 16.3 Å². The number of hydrogen-bond donors (Lipinski definition) is 0. The second-order valence-corrected chi connectivity index (χ2v) is 4.60. The van der Waals surface area contributed by atoms with E-state index in [9.17, 15) is 10.1 Å². The molecule has 0 unspecified atom stereocenters. The van der Waals surface area contributed by atoms with Gasteiger partial charge in [0, 0.05) is 23.2 Å². The highest BCUT2D eigenvalue weighted by atomic mass is 79.9. The third-order valence-corrected chi connectivity index (χ3v) is 3.26. The number of benzene rings is 1. The molecule has 6 heteroatoms. The Bertz CT molecular complexity index is 607. The maximum atomic E-state index is 10.8. The molecule has 1 heterocycles. The number of rotatable bonds is 3. The molecule has 2 aromatic rings. The number of halogens is 1. The monoisotopic (exact) mass is 309 g/mol. The van der Waals surface area contributed by atoms with E-state index in [1.54, 1.807) is 16.8 Å². The Morgan fingerprint density at radius 3 is 2.61 bits per heavy atom. The van der Waals surface area contributed by atoms with Gasteiger partial charge in [0.25, 0.3) is 5.69 Å². The molecular weight excluding hydrogens is 298 g/mol. The molecule has 1 aromatic heterocycles. The molecule has 0 fully saturated rings. The van der Waals surface area contributed by atoms with Crippen molar-refractivity contribution in [3.05, 3.63) is 51.3 Å². The van der Waals surface area contributed by atoms with E-state index in [2.05, 4.69) is 21.0 Å². The summed E-state index contributed by atoms with van der Waals surface area (Å²) >= 11 is 3.36. The van der Waals surface area contributed by atoms with Crippen molar-refractivity contribution < 1.29 is 4.92 Å². The lowest BCUT2D eigenvalue weighted by Crippen LogP contribution is -2.03. The second-order valence-electron chi connectivity index (χ2n) is 4.04. The molecule has 1 aromatic carbocycles. The number of nitro groups is 1. The average Bonchev–Trinajstić information content (AvgIpc) is 2.67. The summed E-state index contributed by atoms with van der Waals surface area (Å²) in [6.07, 6.45) is 0. The predicted molar refractivity (Wildman–Crippen MR) is 72.3 cm³/mol. The number of alkyl halides is 1. The third kappa shape index (κ3) is 2.28. The summed E-state index contributed by atoms with van der Waals surface area (Å²) in [7, 11) is 0. The van der Waals surface area contributed by atoms with Crippen LogP contribution < -0.4 is 0 Å². The normalized spacial score (nSPS) is 10.6. The van der Waals surface area contributed by atoms with Crippen molar-refractivity contribution >= 4 is 21.6 Å². The highest BCUT2D eigenvalue weighted by Gasteiger charge is 2.13. The first-order valence-electron chi connectivity index (χ1n) is 5.40. The van der Waals surface area contributed by atoms with Gasteiger partial charge in [-0.15, -0.1) is 0 Å². The third-order valence-electron chi connectivity index (χ3n) is 2.66. The molecule has 0 saturated heterocycles. The van der Waals surface area contributed by atoms with Gasteiger partial charge < -0.3 is 0 Å². The Balaban J connectivity index is 2.58. The van der Waals surface area contributed by atoms with E-state index in [1.165, 1.54) is 6.07 Å². The Hall–Kier alpha value is -1.69. The zero-order valence-corrected chi connectivity index (χ0v) is 11.6. The van der Waals surface area contributed by atoms with Crippen LogP contribution in [-0.4, -0.2) is 14.7 Å². The topological polar surface area (TPSA) is 61.0 Å². The van der Waals surface area contributed by atoms with Gasteiger partial charge in [-0.05, 0) is 31.5 Å². The highest BCUT2D eigenvalue weighted by molar-refractivity contribution is 9.08. The minimum Gasteiger partial charge on any atom is -0.258 e. The summed E-state index contributed by atoms with van der Waals surface area (Å²) in [4.78, 5) is 10.4. The molecule has 0 atom stereocenters. The van der Waals surface area contributed by atoms with Crippen LogP contribution in [0.4, 0.5) is 5.69 Å². The largest absolute Gasteiger partial charge is 0.269 e. The van der Waals surface area contributed by atoms with Crippen molar-refractivity contribution in [2.75, 3.05) is 0 Å². The van der Waals surface area contributed by atoms with Crippen LogP contribution in [0, 0.1) is 24.0 Å². The fourth-order valence-corrected chi connectivity index (χ4v) is 2.32. The molecule has 18 heavy (non-hydrogen) atoms. The SMILES string of the molecule is Cc1cc(C)n(-c2ccc([N+](=O)[O-])cc2CBr)n1. The lowest BCUT2D eigenvalue weighted by molar-refractivity contribution is -0.384. The molecule has 0 spiro atoms. The van der Waals surface area contributed by atoms with Gasteiger partial charge in [-0.2, -0.15) is 5.10 Å². The number of non-ortho nitro benzene ring substituents is 1. The maximum Gasteiger partial charge on any atom is 0.269 e. The van der Waals surface area contributed by atoms with E-state index in [1.807, 2.05) is 19.9 Å². The van der Waals surface area contributed by atoms with E-state index < -0.39 is 4.92 Å². The fraction of sp³-hybridized carbons (Fsp3) is 0.250. The van der Waals surface area contributed by atoms with Crippen LogP contribution in [0.15, 0.2) is 24.3 Å². The Morgan fingerprint density at radius 1 is 1.39 bits per heavy atom. The summed E-state index contributed by atoms with van der Waals surface area (Å²) in [5.41, 5.74) is 3.73. The minimum absolute atomic E-state index is 0.0923. The summed E-state index contributed by atoms with van der Waals surface area (Å²) in [6, 6.07) is 6.77. The Morgan fingerprint density at radius 2 is 2.11 bits per heavy atom. The van der Waals surface area contributed by atoms with Crippen LogP contribution in [0.1, 0.15) is 17.0 Å². The molecule has 0 aliphatic rings. The van der Waals surface area contributed by atoms with Gasteiger partial charge in [-0.25, -0.2) is 4.68 Å². The second kappa shape index (κ2) is 4.89. The zero-order valence-electron chi connectivity index (χ0n) is 10.1. The Labute approximate surface area is 113 Å². The van der Waals surface area contributed by atoms with Gasteiger partial charge in [0.15, 0.2) is 0 Å². The van der Waals surface area contributed by atoms with Crippen LogP contribution in [0.2, 0.25) is 0 Å². The lowest BCUT2D eigenvalue weighted by Gasteiger charge is -2.09. The van der Waals surface area contributed by atoms with Gasteiger partial charge in [0.1, 0.15) is 0 Å². The number of nitro benzene ring substituents is 1. The van der Waals surface area contributed by atoms with Gasteiger partial charge in [-0.3, -0.25) is 10.1 Å². The van der Waals surface area contributed by atoms with Crippen LogP contribution in [0.25, 0.3) is 5.69 Å². The van der Waals surface area contributed by atoms with E-state index in [4.69, 9.17) is 0 Å². The van der Waals surface area contributed by atoms with E-state index in [0.717, 1.165) is 22.6 Å². The van der Waals surface area contributed by atoms with Crippen molar-refractivity contribution in [1.29, 1.82) is 0 Å². The first-order chi connectivity index (χ1) is 8.52. The number of aromatic nitrogens is 2. The maximum absolute atomic E-state index is 10.8. The summed E-state index contributed by atoms with van der Waals surface area (Å²) in [5, 5.41) is 15.7. The summed E-state index contributed by atoms with van der Waals surface area (Å²) < 4.78 is 1.80. The number of nitrogens with zero attached hydrogens (tertiary/aromatic N) is 3. The van der Waals surface area contributed by atoms with Gasteiger partial charge >= 0.3 is 0 Å². The number of aryl methyl sites for hydroxylation is 2. The van der Waals surface area contributed by atoms with Gasteiger partial charge in [0.2, 0.25) is 0 Å². The fourth-order valence-electron chi connectivity index (χ4n) is 1.87. The van der Waals surface area contributed by atoms with Crippen molar-refractivity contribution in [1.82, 2.24) is 9.78 Å². The van der Waals surface area contributed by atoms with Crippen molar-refractivity contribution in [2.24, 2.45) is 0 Å². The minimum atomic E-state index is -0.392. The molecule has 0 saturated carbocycles. The molecule has 0 aliphatic heterocycles. The molecule has 0 bridgehead atoms. The van der Waals surface area contributed by atoms with Crippen LogP contribution in [0.5, 0.6) is 0 Å². The molecule has 0 aliphatic carbocycles. The molecular formula is C12H12BrN3O2. The summed E-state index contributed by atoms with van der Waals surface area (Å²) in [6.45, 7) is 3.88. The van der Waals surface area contributed by atoms with Crippen LogP contribution >= 0.6 is 15.9 Å². The first-order valence-corrected chi connectivity index (χ1v) is 6.52. The molecule has 0 N–H and O–H groups in total. The van der Waals surface area contributed by atoms with Crippen molar-refractivity contribution in [3.8, 4) is 5.69 Å². The zero-order chi connectivity index (χ0) is 13.3. The lowest BCUT2D eigenvalue weighted by atomic mass is 10.2. The number of hydrogen-bond acceptors (Lipinski definition) is 3. The smallest absolute Gasteiger partial charge is 0.258 e. The van der Waals surface area contributed by atoms with E-state index in [-0.39, 0.29) is 5.69 Å². The molecule has 0 radical (unpaired) electrons. The molecule has 5 nitrogen and oxygen atoms in total. The van der Waals surface area contributed by atoms with Gasteiger partial charge in [-0.1, -0.05) is 15.9 Å². The standard InChI is InChI=1S/C12H12BrN3O2/c1-8-5-9(2)15(14-8)12-4-3-11(16(17)18)6-10(12)7-13/h3-6H,7H2,1-2H3. The van der Waals surface area contributed by atoms with E-state index >= 15 is 0 Å². The summed E-state index contributed by atoms with van der Waals surface area (Å²) in [5.74, 6) is 0. The van der Waals surface area contributed by atoms with Crippen molar-refractivity contribution in [2.45, 2.75) is 19.2 Å². The highest BCUT2D eigenvalue weighted by Crippen LogP contribution is 2.24. The van der Waals surface area contributed by atoms with E-state index in [0.29, 0.717) is 5.33 Å². The molecule has 94 valence electrons. The molecule has 0 amide bonds.